The molecule has 0 spiro atoms. The first-order chi connectivity index (χ1) is 13.2. The summed E-state index contributed by atoms with van der Waals surface area (Å²) in [5.74, 6) is -0.264. The highest BCUT2D eigenvalue weighted by Crippen LogP contribution is 2.45. The lowest BCUT2D eigenvalue weighted by Crippen LogP contribution is -2.23. The summed E-state index contributed by atoms with van der Waals surface area (Å²) in [7, 11) is 1.69. The summed E-state index contributed by atoms with van der Waals surface area (Å²) >= 11 is 1.46. The monoisotopic (exact) mass is 384 g/mol. The summed E-state index contributed by atoms with van der Waals surface area (Å²) in [5.41, 5.74) is 1.29. The van der Waals surface area contributed by atoms with Gasteiger partial charge in [0.2, 0.25) is 0 Å². The van der Waals surface area contributed by atoms with Gasteiger partial charge in [0.05, 0.1) is 18.3 Å². The van der Waals surface area contributed by atoms with Crippen LogP contribution in [-0.2, 0) is 16.8 Å². The Morgan fingerprint density at radius 3 is 2.81 bits per heavy atom. The first-order valence-electron chi connectivity index (χ1n) is 8.78. The van der Waals surface area contributed by atoms with Crippen molar-refractivity contribution in [1.82, 2.24) is 30.5 Å². The Morgan fingerprint density at radius 1 is 1.26 bits per heavy atom. The second kappa shape index (κ2) is 7.53. The summed E-state index contributed by atoms with van der Waals surface area (Å²) in [4.78, 5) is 12.4. The van der Waals surface area contributed by atoms with E-state index in [1.54, 1.807) is 18.0 Å². The van der Waals surface area contributed by atoms with E-state index in [1.807, 2.05) is 30.3 Å². The number of hydrogen-bond donors (Lipinski definition) is 1. The number of aromatic nitrogens is 5. The van der Waals surface area contributed by atoms with Gasteiger partial charge in [0.25, 0.3) is 5.91 Å². The molecule has 4 rings (SSSR count). The van der Waals surface area contributed by atoms with Crippen molar-refractivity contribution in [2.75, 3.05) is 13.7 Å². The van der Waals surface area contributed by atoms with Crippen LogP contribution in [0.25, 0.3) is 10.6 Å². The fourth-order valence-corrected chi connectivity index (χ4v) is 3.68. The number of benzene rings is 1. The second-order valence-corrected chi connectivity index (χ2v) is 7.63. The molecule has 1 fully saturated rings. The number of carbonyl (C=O) groups excluding carboxylic acids is 1. The third-order valence-electron chi connectivity index (χ3n) is 4.70. The molecular weight excluding hydrogens is 364 g/mol. The molecule has 2 aromatic heterocycles. The predicted octanol–water partition coefficient (Wildman–Crippen LogP) is 2.25. The maximum Gasteiger partial charge on any atom is 0.273 e. The standard InChI is InChI=1S/C18H20N6O2S/c1-26-10-9-18(7-8-18)24-12-14(20-23-24)16(25)19-11-15-21-22-17(27-15)13-5-3-2-4-6-13/h2-6,12H,7-11H2,1H3,(H,19,25). The zero-order valence-electron chi connectivity index (χ0n) is 15.0. The first kappa shape index (κ1) is 17.7. The summed E-state index contributed by atoms with van der Waals surface area (Å²) in [6.45, 7) is 0.979. The molecule has 0 atom stereocenters. The van der Waals surface area contributed by atoms with E-state index in [9.17, 15) is 4.79 Å². The Hall–Kier alpha value is -2.65. The van der Waals surface area contributed by atoms with Gasteiger partial charge >= 0.3 is 0 Å². The molecule has 140 valence electrons. The molecule has 1 N–H and O–H groups in total. The minimum absolute atomic E-state index is 0.0364. The number of carbonyl (C=O) groups is 1. The van der Waals surface area contributed by atoms with Gasteiger partial charge in [0.15, 0.2) is 5.69 Å². The van der Waals surface area contributed by atoms with E-state index < -0.39 is 0 Å². The lowest BCUT2D eigenvalue weighted by atomic mass is 10.2. The van der Waals surface area contributed by atoms with Crippen LogP contribution in [0.4, 0.5) is 0 Å². The molecule has 1 aliphatic rings. The maximum absolute atomic E-state index is 12.4. The van der Waals surface area contributed by atoms with Crippen LogP contribution in [-0.4, -0.2) is 44.8 Å². The van der Waals surface area contributed by atoms with E-state index in [2.05, 4.69) is 25.8 Å². The fraction of sp³-hybridized carbons (Fsp3) is 0.389. The highest BCUT2D eigenvalue weighted by atomic mass is 32.1. The largest absolute Gasteiger partial charge is 0.385 e. The zero-order chi connectivity index (χ0) is 18.7. The summed E-state index contributed by atoms with van der Waals surface area (Å²) < 4.78 is 6.97. The molecule has 0 unspecified atom stereocenters. The van der Waals surface area contributed by atoms with Crippen molar-refractivity contribution in [3.8, 4) is 10.6 Å². The maximum atomic E-state index is 12.4. The van der Waals surface area contributed by atoms with Crippen molar-refractivity contribution < 1.29 is 9.53 Å². The van der Waals surface area contributed by atoms with E-state index >= 15 is 0 Å². The molecular formula is C18H20N6O2S. The van der Waals surface area contributed by atoms with E-state index in [0.29, 0.717) is 18.8 Å². The van der Waals surface area contributed by atoms with Crippen molar-refractivity contribution in [3.05, 3.63) is 47.2 Å². The topological polar surface area (TPSA) is 94.8 Å². The summed E-state index contributed by atoms with van der Waals surface area (Å²) in [6, 6.07) is 9.85. The molecule has 1 aliphatic carbocycles. The average Bonchev–Trinajstić information content (AvgIpc) is 3.11. The Morgan fingerprint density at radius 2 is 2.07 bits per heavy atom. The average molecular weight is 384 g/mol. The number of hydrogen-bond acceptors (Lipinski definition) is 7. The highest BCUT2D eigenvalue weighted by Gasteiger charge is 2.45. The molecule has 3 aromatic rings. The number of nitrogens with zero attached hydrogens (tertiary/aromatic N) is 5. The molecule has 1 saturated carbocycles. The molecule has 1 amide bonds. The Balaban J connectivity index is 1.36. The second-order valence-electron chi connectivity index (χ2n) is 6.57. The molecule has 0 bridgehead atoms. The van der Waals surface area contributed by atoms with Gasteiger partial charge < -0.3 is 10.1 Å². The van der Waals surface area contributed by atoms with Crippen LogP contribution in [0.15, 0.2) is 36.5 Å². The van der Waals surface area contributed by atoms with E-state index in [0.717, 1.165) is 34.8 Å². The predicted molar refractivity (Wildman–Crippen MR) is 100 cm³/mol. The lowest BCUT2D eigenvalue weighted by Gasteiger charge is -2.13. The smallest absolute Gasteiger partial charge is 0.273 e. The number of amides is 1. The third kappa shape index (κ3) is 3.88. The van der Waals surface area contributed by atoms with Gasteiger partial charge in [-0.05, 0) is 19.3 Å². The number of nitrogens with one attached hydrogen (secondary N) is 1. The molecule has 9 heteroatoms. The fourth-order valence-electron chi connectivity index (χ4n) is 2.90. The Bertz CT molecular complexity index is 919. The van der Waals surface area contributed by atoms with Crippen molar-refractivity contribution in [2.45, 2.75) is 31.3 Å². The molecule has 0 radical (unpaired) electrons. The van der Waals surface area contributed by atoms with Gasteiger partial charge in [-0.25, -0.2) is 4.68 Å². The Labute approximate surface area is 160 Å². The Kier molecular flexibility index (Phi) is 4.95. The normalized spacial score (nSPS) is 14.9. The number of methoxy groups -OCH3 is 1. The molecule has 8 nitrogen and oxygen atoms in total. The van der Waals surface area contributed by atoms with Crippen molar-refractivity contribution in [1.29, 1.82) is 0 Å². The van der Waals surface area contributed by atoms with Crippen molar-refractivity contribution in [3.63, 3.8) is 0 Å². The van der Waals surface area contributed by atoms with Crippen molar-refractivity contribution >= 4 is 17.2 Å². The van der Waals surface area contributed by atoms with Gasteiger partial charge in [-0.2, -0.15) is 0 Å². The number of rotatable bonds is 8. The van der Waals surface area contributed by atoms with E-state index in [4.69, 9.17) is 4.74 Å². The van der Waals surface area contributed by atoms with Gasteiger partial charge in [0.1, 0.15) is 10.0 Å². The van der Waals surface area contributed by atoms with Gasteiger partial charge in [0, 0.05) is 19.3 Å². The van der Waals surface area contributed by atoms with Crippen LogP contribution in [0.3, 0.4) is 0 Å². The molecule has 2 heterocycles. The molecule has 1 aromatic carbocycles. The minimum atomic E-state index is -0.264. The van der Waals surface area contributed by atoms with Gasteiger partial charge in [-0.15, -0.1) is 15.3 Å². The van der Waals surface area contributed by atoms with Crippen LogP contribution >= 0.6 is 11.3 Å². The van der Waals surface area contributed by atoms with Gasteiger partial charge in [-0.3, -0.25) is 4.79 Å². The van der Waals surface area contributed by atoms with E-state index in [1.165, 1.54) is 11.3 Å². The van der Waals surface area contributed by atoms with Crippen molar-refractivity contribution in [2.24, 2.45) is 0 Å². The molecule has 0 aliphatic heterocycles. The SMILES string of the molecule is COCCC1(n2cc(C(=O)NCc3nnc(-c4ccccc4)s3)nn2)CC1. The van der Waals surface area contributed by atoms with Crippen LogP contribution in [0.1, 0.15) is 34.8 Å². The van der Waals surface area contributed by atoms with Crippen LogP contribution in [0, 0.1) is 0 Å². The third-order valence-corrected chi connectivity index (χ3v) is 5.67. The molecule has 27 heavy (non-hydrogen) atoms. The summed E-state index contributed by atoms with van der Waals surface area (Å²) in [6.07, 6.45) is 4.66. The van der Waals surface area contributed by atoms with Crippen LogP contribution in [0.5, 0.6) is 0 Å². The quantitative estimate of drug-likeness (QED) is 0.640. The van der Waals surface area contributed by atoms with Gasteiger partial charge in [-0.1, -0.05) is 46.9 Å². The number of ether oxygens (including phenoxy) is 1. The van der Waals surface area contributed by atoms with Crippen LogP contribution < -0.4 is 5.32 Å². The highest BCUT2D eigenvalue weighted by molar-refractivity contribution is 7.14. The lowest BCUT2D eigenvalue weighted by molar-refractivity contribution is 0.0945. The zero-order valence-corrected chi connectivity index (χ0v) is 15.8. The van der Waals surface area contributed by atoms with Crippen LogP contribution in [0.2, 0.25) is 0 Å². The van der Waals surface area contributed by atoms with E-state index in [-0.39, 0.29) is 11.4 Å². The first-order valence-corrected chi connectivity index (χ1v) is 9.60. The summed E-state index contributed by atoms with van der Waals surface area (Å²) in [5, 5.41) is 20.9. The molecule has 0 saturated heterocycles. The minimum Gasteiger partial charge on any atom is -0.385 e.